The highest BCUT2D eigenvalue weighted by atomic mass is 35.5. The van der Waals surface area contributed by atoms with E-state index >= 15 is 0 Å². The number of nitrogen functional groups attached to an aromatic ring is 1. The van der Waals surface area contributed by atoms with Crippen molar-refractivity contribution in [3.8, 4) is 23.1 Å². The predicted molar refractivity (Wildman–Crippen MR) is 97.3 cm³/mol. The smallest absolute Gasteiger partial charge is 0.142 e. The monoisotopic (exact) mass is 344 g/mol. The Morgan fingerprint density at radius 2 is 2.21 bits per heavy atom. The van der Waals surface area contributed by atoms with Crippen molar-refractivity contribution >= 4 is 18.2 Å². The van der Waals surface area contributed by atoms with Crippen LogP contribution in [0, 0.1) is 18.3 Å². The average molecular weight is 345 g/mol. The van der Waals surface area contributed by atoms with E-state index in [2.05, 4.69) is 16.4 Å². The maximum Gasteiger partial charge on any atom is 0.142 e. The van der Waals surface area contributed by atoms with Crippen LogP contribution in [-0.4, -0.2) is 23.2 Å². The number of aromatic nitrogens is 1. The van der Waals surface area contributed by atoms with E-state index < -0.39 is 0 Å². The van der Waals surface area contributed by atoms with Crippen LogP contribution < -0.4 is 11.1 Å². The lowest BCUT2D eigenvalue weighted by atomic mass is 9.88. The van der Waals surface area contributed by atoms with Gasteiger partial charge in [0.15, 0.2) is 0 Å². The summed E-state index contributed by atoms with van der Waals surface area (Å²) in [7, 11) is 0. The molecule has 5 nitrogen and oxygen atoms in total. The summed E-state index contributed by atoms with van der Waals surface area (Å²) in [5.41, 5.74) is 9.45. The fourth-order valence-corrected chi connectivity index (χ4v) is 3.15. The molecule has 1 fully saturated rings. The number of hydrogen-bond acceptors (Lipinski definition) is 5. The summed E-state index contributed by atoms with van der Waals surface area (Å²) in [5, 5.41) is 23.1. The summed E-state index contributed by atoms with van der Waals surface area (Å²) in [5.74, 6) is 0.678. The van der Waals surface area contributed by atoms with E-state index in [9.17, 15) is 10.4 Å². The molecule has 0 amide bonds. The molecule has 1 aliphatic heterocycles. The van der Waals surface area contributed by atoms with Crippen molar-refractivity contribution in [3.05, 3.63) is 41.0 Å². The Morgan fingerprint density at radius 3 is 2.88 bits per heavy atom. The Kier molecular flexibility index (Phi) is 5.66. The molecule has 2 heterocycles. The maximum atomic E-state index is 10.3. The molecule has 2 aromatic rings. The quantitative estimate of drug-likeness (QED) is 0.778. The number of phenolic OH excluding ortho intramolecular Hbond substituents is 1. The number of phenols is 1. The van der Waals surface area contributed by atoms with Crippen LogP contribution in [0.2, 0.25) is 0 Å². The zero-order chi connectivity index (χ0) is 16.4. The standard InChI is InChI=1S/C18H20N4O.ClH/c1-11-4-2-6-13(17(11)23)16-8-14(12-5-3-7-21-10-12)15(9-19)18(20)22-16;/h2,4,6,8,12,21,23H,3,5,7,10H2,1H3,(H2,20,22);1H. The number of nitriles is 1. The first-order chi connectivity index (χ1) is 11.1. The van der Waals surface area contributed by atoms with Crippen molar-refractivity contribution in [2.45, 2.75) is 25.7 Å². The largest absolute Gasteiger partial charge is 0.507 e. The Labute approximate surface area is 147 Å². The van der Waals surface area contributed by atoms with Crippen LogP contribution in [0.25, 0.3) is 11.3 Å². The second-order valence-electron chi connectivity index (χ2n) is 5.98. The van der Waals surface area contributed by atoms with Gasteiger partial charge in [-0.2, -0.15) is 5.26 Å². The number of benzene rings is 1. The molecule has 0 spiro atoms. The van der Waals surface area contributed by atoms with E-state index in [0.29, 0.717) is 16.8 Å². The lowest BCUT2D eigenvalue weighted by molar-refractivity contribution is 0.461. The topological polar surface area (TPSA) is 95.0 Å². The van der Waals surface area contributed by atoms with Crippen molar-refractivity contribution in [1.29, 1.82) is 5.26 Å². The van der Waals surface area contributed by atoms with Gasteiger partial charge in [0, 0.05) is 12.1 Å². The number of halogens is 1. The number of nitrogens with two attached hydrogens (primary N) is 1. The normalized spacial score (nSPS) is 16.9. The highest BCUT2D eigenvalue weighted by molar-refractivity contribution is 5.85. The minimum absolute atomic E-state index is 0. The zero-order valence-electron chi connectivity index (χ0n) is 13.5. The highest BCUT2D eigenvalue weighted by Gasteiger charge is 2.22. The van der Waals surface area contributed by atoms with Gasteiger partial charge in [-0.05, 0) is 55.5 Å². The molecular weight excluding hydrogens is 324 g/mol. The molecule has 0 saturated carbocycles. The van der Waals surface area contributed by atoms with Crippen LogP contribution in [0.1, 0.15) is 35.4 Å². The third kappa shape index (κ3) is 3.30. The lowest BCUT2D eigenvalue weighted by Crippen LogP contribution is -2.29. The molecule has 0 radical (unpaired) electrons. The van der Waals surface area contributed by atoms with Crippen LogP contribution >= 0.6 is 12.4 Å². The fraction of sp³-hybridized carbons (Fsp3) is 0.333. The number of nitrogens with zero attached hydrogens (tertiary/aromatic N) is 2. The van der Waals surface area contributed by atoms with Gasteiger partial charge < -0.3 is 16.2 Å². The highest BCUT2D eigenvalue weighted by Crippen LogP contribution is 2.35. The van der Waals surface area contributed by atoms with Crippen LogP contribution in [0.3, 0.4) is 0 Å². The minimum atomic E-state index is 0. The number of nitrogens with one attached hydrogen (secondary N) is 1. The summed E-state index contributed by atoms with van der Waals surface area (Å²) in [4.78, 5) is 4.35. The van der Waals surface area contributed by atoms with Gasteiger partial charge in [-0.1, -0.05) is 12.1 Å². The van der Waals surface area contributed by atoms with Gasteiger partial charge in [-0.3, -0.25) is 0 Å². The van der Waals surface area contributed by atoms with Crippen LogP contribution in [-0.2, 0) is 0 Å². The number of piperidine rings is 1. The summed E-state index contributed by atoms with van der Waals surface area (Å²) >= 11 is 0. The molecule has 1 aromatic carbocycles. The third-order valence-electron chi connectivity index (χ3n) is 4.44. The van der Waals surface area contributed by atoms with Gasteiger partial charge in [0.25, 0.3) is 0 Å². The van der Waals surface area contributed by atoms with Crippen LogP contribution in [0.5, 0.6) is 5.75 Å². The molecule has 1 atom stereocenters. The van der Waals surface area contributed by atoms with Crippen LogP contribution in [0.4, 0.5) is 5.82 Å². The van der Waals surface area contributed by atoms with Crippen molar-refractivity contribution in [2.24, 2.45) is 0 Å². The average Bonchev–Trinajstić information content (AvgIpc) is 2.57. The first-order valence-corrected chi connectivity index (χ1v) is 7.82. The molecule has 1 aliphatic rings. The number of anilines is 1. The molecule has 4 N–H and O–H groups in total. The summed E-state index contributed by atoms with van der Waals surface area (Å²) in [6.07, 6.45) is 2.09. The Morgan fingerprint density at radius 1 is 1.42 bits per heavy atom. The SMILES string of the molecule is Cc1cccc(-c2cc(C3CCCNC3)c(C#N)c(N)n2)c1O.Cl. The van der Waals surface area contributed by atoms with Gasteiger partial charge in [0.05, 0.1) is 11.3 Å². The molecule has 1 saturated heterocycles. The van der Waals surface area contributed by atoms with Gasteiger partial charge >= 0.3 is 0 Å². The van der Waals surface area contributed by atoms with E-state index in [1.165, 1.54) is 0 Å². The van der Waals surface area contributed by atoms with Gasteiger partial charge in [0.2, 0.25) is 0 Å². The first kappa shape index (κ1) is 18.1. The predicted octanol–water partition coefficient (Wildman–Crippen LogP) is 3.11. The van der Waals surface area contributed by atoms with Crippen molar-refractivity contribution in [1.82, 2.24) is 10.3 Å². The molecule has 0 bridgehead atoms. The summed E-state index contributed by atoms with van der Waals surface area (Å²) < 4.78 is 0. The van der Waals surface area contributed by atoms with E-state index in [1.54, 1.807) is 0 Å². The molecular formula is C18H21ClN4O. The molecule has 1 unspecified atom stereocenters. The number of pyridine rings is 1. The lowest BCUT2D eigenvalue weighted by Gasteiger charge is -2.24. The van der Waals surface area contributed by atoms with Gasteiger partial charge in [-0.15, -0.1) is 12.4 Å². The number of rotatable bonds is 2. The third-order valence-corrected chi connectivity index (χ3v) is 4.44. The molecule has 6 heteroatoms. The molecule has 126 valence electrons. The Hall–Kier alpha value is -2.29. The fourth-order valence-electron chi connectivity index (χ4n) is 3.15. The summed E-state index contributed by atoms with van der Waals surface area (Å²) in [6.45, 7) is 3.68. The maximum absolute atomic E-state index is 10.3. The van der Waals surface area contributed by atoms with Crippen molar-refractivity contribution in [3.63, 3.8) is 0 Å². The number of aromatic hydroxyl groups is 1. The second-order valence-corrected chi connectivity index (χ2v) is 5.98. The van der Waals surface area contributed by atoms with Gasteiger partial charge in [-0.25, -0.2) is 4.98 Å². The Balaban J connectivity index is 0.00000208. The minimum Gasteiger partial charge on any atom is -0.507 e. The second kappa shape index (κ2) is 7.52. The number of hydrogen-bond donors (Lipinski definition) is 3. The zero-order valence-corrected chi connectivity index (χ0v) is 14.4. The number of aryl methyl sites for hydroxylation is 1. The molecule has 1 aromatic heterocycles. The Bertz CT molecular complexity index is 779. The molecule has 24 heavy (non-hydrogen) atoms. The van der Waals surface area contributed by atoms with Crippen molar-refractivity contribution in [2.75, 3.05) is 18.8 Å². The van der Waals surface area contributed by atoms with Crippen molar-refractivity contribution < 1.29 is 5.11 Å². The number of para-hydroxylation sites is 1. The first-order valence-electron chi connectivity index (χ1n) is 7.82. The molecule has 3 rings (SSSR count). The van der Waals surface area contributed by atoms with Gasteiger partial charge in [0.1, 0.15) is 17.6 Å². The van der Waals surface area contributed by atoms with E-state index in [4.69, 9.17) is 5.73 Å². The molecule has 0 aliphatic carbocycles. The van der Waals surface area contributed by atoms with E-state index in [-0.39, 0.29) is 29.9 Å². The summed E-state index contributed by atoms with van der Waals surface area (Å²) in [6, 6.07) is 9.63. The van der Waals surface area contributed by atoms with E-state index in [0.717, 1.165) is 37.1 Å². The van der Waals surface area contributed by atoms with Crippen LogP contribution in [0.15, 0.2) is 24.3 Å². The van der Waals surface area contributed by atoms with E-state index in [1.807, 2.05) is 31.2 Å².